The molecule has 1 rings (SSSR count). The number of primary amides is 1. The van der Waals surface area contributed by atoms with Gasteiger partial charge in [-0.15, -0.1) is 0 Å². The molecule has 0 saturated carbocycles. The molecule has 0 spiro atoms. The number of rotatable bonds is 5. The Hall–Kier alpha value is -2.15. The van der Waals surface area contributed by atoms with Crippen molar-refractivity contribution in [3.63, 3.8) is 0 Å². The number of carbonyl (C=O) groups is 2. The van der Waals surface area contributed by atoms with Crippen molar-refractivity contribution in [2.24, 2.45) is 11.6 Å². The minimum Gasteiger partial charge on any atom is -0.370 e. The second-order valence-electron chi connectivity index (χ2n) is 3.61. The molecular formula is C10H15N5O2. The zero-order valence-electron chi connectivity index (χ0n) is 9.43. The number of nitrogens with one attached hydrogen (secondary N) is 2. The molecule has 2 amide bonds. The molecule has 0 fully saturated rings. The molecule has 0 saturated heterocycles. The van der Waals surface area contributed by atoms with Gasteiger partial charge in [-0.1, -0.05) is 0 Å². The van der Waals surface area contributed by atoms with Crippen molar-refractivity contribution >= 4 is 17.5 Å². The number of hydrogen-bond donors (Lipinski definition) is 4. The summed E-state index contributed by atoms with van der Waals surface area (Å²) in [5.74, 6) is 4.44. The smallest absolute Gasteiger partial charge is 0.255 e. The molecule has 1 aromatic heterocycles. The van der Waals surface area contributed by atoms with Gasteiger partial charge in [-0.2, -0.15) is 0 Å². The molecule has 0 aliphatic heterocycles. The summed E-state index contributed by atoms with van der Waals surface area (Å²) in [4.78, 5) is 26.3. The van der Waals surface area contributed by atoms with Crippen LogP contribution in [-0.4, -0.2) is 22.8 Å². The van der Waals surface area contributed by atoms with Gasteiger partial charge in [-0.3, -0.25) is 20.4 Å². The lowest BCUT2D eigenvalue weighted by Gasteiger charge is -2.13. The number of hydrogen-bond acceptors (Lipinski definition) is 5. The molecule has 0 aliphatic carbocycles. The molecular weight excluding hydrogens is 222 g/mol. The minimum atomic E-state index is -0.471. The van der Waals surface area contributed by atoms with Crippen LogP contribution < -0.4 is 22.3 Å². The van der Waals surface area contributed by atoms with Crippen LogP contribution in [-0.2, 0) is 4.79 Å². The van der Waals surface area contributed by atoms with Crippen LogP contribution in [0.3, 0.4) is 0 Å². The first kappa shape index (κ1) is 12.9. The molecule has 6 N–H and O–H groups in total. The van der Waals surface area contributed by atoms with Crippen molar-refractivity contribution in [3.05, 3.63) is 24.0 Å². The number of nitrogens with zero attached hydrogens (tertiary/aromatic N) is 1. The van der Waals surface area contributed by atoms with Crippen LogP contribution in [0, 0.1) is 0 Å². The summed E-state index contributed by atoms with van der Waals surface area (Å²) in [5.41, 5.74) is 8.20. The molecule has 1 atom stereocenters. The van der Waals surface area contributed by atoms with Crippen LogP contribution in [0.15, 0.2) is 18.5 Å². The molecule has 1 heterocycles. The summed E-state index contributed by atoms with van der Waals surface area (Å²) in [6, 6.07) is 1.24. The van der Waals surface area contributed by atoms with E-state index in [1.807, 2.05) is 0 Å². The van der Waals surface area contributed by atoms with Gasteiger partial charge in [0, 0.05) is 24.9 Å². The van der Waals surface area contributed by atoms with Crippen LogP contribution >= 0.6 is 0 Å². The van der Waals surface area contributed by atoms with E-state index in [9.17, 15) is 9.59 Å². The second-order valence-corrected chi connectivity index (χ2v) is 3.61. The van der Waals surface area contributed by atoms with Crippen LogP contribution in [0.4, 0.5) is 5.69 Å². The number of hydrazine groups is 1. The van der Waals surface area contributed by atoms with Gasteiger partial charge < -0.3 is 16.5 Å². The number of carbonyl (C=O) groups excluding carboxylic acids is 2. The number of anilines is 1. The van der Waals surface area contributed by atoms with Crippen molar-refractivity contribution in [1.29, 1.82) is 0 Å². The van der Waals surface area contributed by atoms with Crippen LogP contribution in [0.5, 0.6) is 0 Å². The van der Waals surface area contributed by atoms with Gasteiger partial charge in [-0.05, 0) is 13.0 Å². The predicted molar refractivity (Wildman–Crippen MR) is 62.8 cm³/mol. The highest BCUT2D eigenvalue weighted by Gasteiger charge is 2.14. The molecule has 7 nitrogen and oxygen atoms in total. The van der Waals surface area contributed by atoms with Crippen molar-refractivity contribution in [1.82, 2.24) is 10.3 Å². The summed E-state index contributed by atoms with van der Waals surface area (Å²) >= 11 is 0. The summed E-state index contributed by atoms with van der Waals surface area (Å²) in [6.45, 7) is 1.69. The lowest BCUT2D eigenvalue weighted by Crippen LogP contribution is -2.36. The quantitative estimate of drug-likeness (QED) is 0.400. The van der Waals surface area contributed by atoms with Crippen molar-refractivity contribution in [2.75, 3.05) is 5.43 Å². The molecule has 0 radical (unpaired) electrons. The summed E-state index contributed by atoms with van der Waals surface area (Å²) in [6.07, 6.45) is 2.98. The van der Waals surface area contributed by atoms with E-state index < -0.39 is 5.91 Å². The highest BCUT2D eigenvalue weighted by molar-refractivity contribution is 5.99. The fraction of sp³-hybridized carbons (Fsp3) is 0.300. The Morgan fingerprint density at radius 3 is 2.82 bits per heavy atom. The monoisotopic (exact) mass is 237 g/mol. The van der Waals surface area contributed by atoms with Crippen LogP contribution in [0.25, 0.3) is 0 Å². The minimum absolute atomic E-state index is 0.0807. The Morgan fingerprint density at radius 1 is 1.53 bits per heavy atom. The van der Waals surface area contributed by atoms with Crippen molar-refractivity contribution in [3.8, 4) is 0 Å². The highest BCUT2D eigenvalue weighted by atomic mass is 16.2. The standard InChI is InChI=1S/C10H15N5O2/c1-6(4-9(11)16)14-10(17)7-5-13-3-2-8(7)15-12/h2-3,5-6H,4,12H2,1H3,(H2,11,16)(H,13,15)(H,14,17). The fourth-order valence-electron chi connectivity index (χ4n) is 1.36. The van der Waals surface area contributed by atoms with Gasteiger partial charge >= 0.3 is 0 Å². The zero-order chi connectivity index (χ0) is 12.8. The SMILES string of the molecule is CC(CC(N)=O)NC(=O)c1cnccc1NN. The topological polar surface area (TPSA) is 123 Å². The van der Waals surface area contributed by atoms with Gasteiger partial charge in [0.1, 0.15) is 0 Å². The van der Waals surface area contributed by atoms with Gasteiger partial charge in [0.15, 0.2) is 0 Å². The maximum atomic E-state index is 11.8. The van der Waals surface area contributed by atoms with E-state index >= 15 is 0 Å². The molecule has 7 heteroatoms. The van der Waals surface area contributed by atoms with Crippen molar-refractivity contribution < 1.29 is 9.59 Å². The molecule has 1 aromatic rings. The summed E-state index contributed by atoms with van der Waals surface area (Å²) < 4.78 is 0. The first-order valence-corrected chi connectivity index (χ1v) is 5.04. The van der Waals surface area contributed by atoms with Gasteiger partial charge in [-0.25, -0.2) is 0 Å². The Morgan fingerprint density at radius 2 is 2.24 bits per heavy atom. The van der Waals surface area contributed by atoms with E-state index in [-0.39, 0.29) is 18.4 Å². The van der Waals surface area contributed by atoms with Gasteiger partial charge in [0.05, 0.1) is 11.3 Å². The number of nitrogen functional groups attached to an aromatic ring is 1. The number of pyridine rings is 1. The largest absolute Gasteiger partial charge is 0.370 e. The van der Waals surface area contributed by atoms with E-state index in [1.165, 1.54) is 12.4 Å². The molecule has 0 bridgehead atoms. The Kier molecular flexibility index (Phi) is 4.41. The third-order valence-corrected chi connectivity index (χ3v) is 2.11. The van der Waals surface area contributed by atoms with E-state index in [2.05, 4.69) is 15.7 Å². The summed E-state index contributed by atoms with van der Waals surface area (Å²) in [7, 11) is 0. The second kappa shape index (κ2) is 5.80. The van der Waals surface area contributed by atoms with E-state index in [4.69, 9.17) is 11.6 Å². The van der Waals surface area contributed by atoms with Crippen LogP contribution in [0.1, 0.15) is 23.7 Å². The highest BCUT2D eigenvalue weighted by Crippen LogP contribution is 2.11. The average molecular weight is 237 g/mol. The third-order valence-electron chi connectivity index (χ3n) is 2.11. The van der Waals surface area contributed by atoms with Crippen LogP contribution in [0.2, 0.25) is 0 Å². The van der Waals surface area contributed by atoms with E-state index in [0.717, 1.165) is 0 Å². The number of amides is 2. The molecule has 0 aliphatic rings. The first-order chi connectivity index (χ1) is 8.04. The normalized spacial score (nSPS) is 11.6. The molecule has 1 unspecified atom stereocenters. The average Bonchev–Trinajstić information content (AvgIpc) is 2.27. The number of nitrogens with two attached hydrogens (primary N) is 2. The molecule has 0 aromatic carbocycles. The van der Waals surface area contributed by atoms with E-state index in [0.29, 0.717) is 11.3 Å². The Balaban J connectivity index is 2.72. The zero-order valence-corrected chi connectivity index (χ0v) is 9.43. The lowest BCUT2D eigenvalue weighted by molar-refractivity contribution is -0.118. The third kappa shape index (κ3) is 3.72. The maximum Gasteiger partial charge on any atom is 0.255 e. The van der Waals surface area contributed by atoms with Crippen molar-refractivity contribution in [2.45, 2.75) is 19.4 Å². The molecule has 17 heavy (non-hydrogen) atoms. The van der Waals surface area contributed by atoms with E-state index in [1.54, 1.807) is 13.0 Å². The maximum absolute atomic E-state index is 11.8. The fourth-order valence-corrected chi connectivity index (χ4v) is 1.36. The van der Waals surface area contributed by atoms with Gasteiger partial charge in [0.2, 0.25) is 5.91 Å². The van der Waals surface area contributed by atoms with Gasteiger partial charge in [0.25, 0.3) is 5.91 Å². The summed E-state index contributed by atoms with van der Waals surface area (Å²) in [5, 5.41) is 2.63. The molecule has 92 valence electrons. The Bertz CT molecular complexity index is 421. The Labute approximate surface area is 98.5 Å². The first-order valence-electron chi connectivity index (χ1n) is 5.04. The predicted octanol–water partition coefficient (Wildman–Crippen LogP) is -0.639. The number of aromatic nitrogens is 1. The lowest BCUT2D eigenvalue weighted by atomic mass is 10.2.